The van der Waals surface area contributed by atoms with Crippen LogP contribution in [-0.4, -0.2) is 31.7 Å². The van der Waals surface area contributed by atoms with Gasteiger partial charge in [-0.05, 0) is 38.0 Å². The highest BCUT2D eigenvalue weighted by atomic mass is 35.5. The number of aryl methyl sites for hydroxylation is 2. The topological polar surface area (TPSA) is 58.3 Å². The van der Waals surface area contributed by atoms with Gasteiger partial charge in [-0.25, -0.2) is 0 Å². The molecule has 20 heavy (non-hydrogen) atoms. The molecule has 5 heteroatoms. The monoisotopic (exact) mass is 300 g/mol. The summed E-state index contributed by atoms with van der Waals surface area (Å²) in [5.74, 6) is 0.634. The lowest BCUT2D eigenvalue weighted by Crippen LogP contribution is -2.46. The zero-order valence-corrected chi connectivity index (χ0v) is 13.3. The van der Waals surface area contributed by atoms with Gasteiger partial charge >= 0.3 is 0 Å². The molecule has 2 N–H and O–H groups in total. The Kier molecular flexibility index (Phi) is 4.77. The number of aliphatic hydroxyl groups excluding tert-OH is 1. The van der Waals surface area contributed by atoms with E-state index in [0.29, 0.717) is 30.2 Å². The van der Waals surface area contributed by atoms with Crippen LogP contribution in [0.15, 0.2) is 0 Å². The lowest BCUT2D eigenvalue weighted by molar-refractivity contribution is -0.103. The first-order chi connectivity index (χ1) is 9.37. The molecule has 114 valence electrons. The van der Waals surface area contributed by atoms with Gasteiger partial charge in [-0.1, -0.05) is 25.4 Å². The molecule has 1 aliphatic rings. The van der Waals surface area contributed by atoms with Crippen molar-refractivity contribution in [2.45, 2.75) is 64.1 Å². The van der Waals surface area contributed by atoms with Crippen molar-refractivity contribution in [3.8, 4) is 0 Å². The Labute approximate surface area is 125 Å². The van der Waals surface area contributed by atoms with Gasteiger partial charge in [-0.15, -0.1) is 0 Å². The summed E-state index contributed by atoms with van der Waals surface area (Å²) >= 11 is 6.31. The highest BCUT2D eigenvalue weighted by Crippen LogP contribution is 2.36. The highest BCUT2D eigenvalue weighted by Gasteiger charge is 2.39. The largest absolute Gasteiger partial charge is 0.390 e. The Hall–Kier alpha value is -0.580. The van der Waals surface area contributed by atoms with E-state index >= 15 is 0 Å². The van der Waals surface area contributed by atoms with Crippen LogP contribution in [-0.2, 0) is 19.9 Å². The first-order valence-corrected chi connectivity index (χ1v) is 7.86. The number of rotatable bonds is 4. The van der Waals surface area contributed by atoms with E-state index in [-0.39, 0.29) is 0 Å². The standard InChI is InChI=1S/C15H25ClN2O2/c1-4-11-14(16)12(18(3)17-11)9-13(19)15(20)7-5-10(2)6-8-15/h10,13,19-20H,4-9H2,1-3H3. The van der Waals surface area contributed by atoms with Crippen molar-refractivity contribution in [1.82, 2.24) is 9.78 Å². The molecule has 0 aromatic carbocycles. The molecule has 1 aromatic heterocycles. The van der Waals surface area contributed by atoms with Gasteiger partial charge in [0.25, 0.3) is 0 Å². The van der Waals surface area contributed by atoms with Crippen LogP contribution in [0.4, 0.5) is 0 Å². The molecule has 0 aliphatic heterocycles. The molecule has 1 unspecified atom stereocenters. The third-order valence-corrected chi connectivity index (χ3v) is 5.09. The summed E-state index contributed by atoms with van der Waals surface area (Å²) in [5, 5.41) is 26.1. The van der Waals surface area contributed by atoms with Gasteiger partial charge in [0.2, 0.25) is 0 Å². The average Bonchev–Trinajstić information content (AvgIpc) is 2.69. The van der Waals surface area contributed by atoms with Crippen LogP contribution in [0.1, 0.15) is 50.9 Å². The smallest absolute Gasteiger partial charge is 0.0909 e. The molecule has 0 radical (unpaired) electrons. The van der Waals surface area contributed by atoms with Gasteiger partial charge in [0.15, 0.2) is 0 Å². The maximum Gasteiger partial charge on any atom is 0.0909 e. The fourth-order valence-electron chi connectivity index (χ4n) is 3.01. The second kappa shape index (κ2) is 6.04. The predicted octanol–water partition coefficient (Wildman–Crippen LogP) is 2.48. The van der Waals surface area contributed by atoms with Crippen LogP contribution in [0.5, 0.6) is 0 Å². The van der Waals surface area contributed by atoms with E-state index in [1.54, 1.807) is 4.68 Å². The van der Waals surface area contributed by atoms with Crippen LogP contribution in [0, 0.1) is 5.92 Å². The lowest BCUT2D eigenvalue weighted by atomic mass is 9.75. The summed E-state index contributed by atoms with van der Waals surface area (Å²) in [6, 6.07) is 0. The Morgan fingerprint density at radius 2 is 2.05 bits per heavy atom. The van der Waals surface area contributed by atoms with E-state index in [2.05, 4.69) is 12.0 Å². The first kappa shape index (κ1) is 15.8. The molecule has 1 fully saturated rings. The fraction of sp³-hybridized carbons (Fsp3) is 0.800. The second-order valence-electron chi connectivity index (χ2n) is 6.19. The van der Waals surface area contributed by atoms with Crippen LogP contribution >= 0.6 is 11.6 Å². The third kappa shape index (κ3) is 3.02. The molecule has 1 aromatic rings. The fourth-order valence-corrected chi connectivity index (χ4v) is 3.38. The summed E-state index contributed by atoms with van der Waals surface area (Å²) < 4.78 is 1.72. The van der Waals surface area contributed by atoms with Crippen molar-refractivity contribution in [2.75, 3.05) is 0 Å². The Morgan fingerprint density at radius 3 is 2.55 bits per heavy atom. The first-order valence-electron chi connectivity index (χ1n) is 7.48. The molecule has 1 saturated carbocycles. The van der Waals surface area contributed by atoms with Crippen LogP contribution in [0.25, 0.3) is 0 Å². The van der Waals surface area contributed by atoms with Crippen LogP contribution in [0.2, 0.25) is 5.02 Å². The van der Waals surface area contributed by atoms with Gasteiger partial charge in [0.1, 0.15) is 0 Å². The molecule has 1 heterocycles. The molecule has 4 nitrogen and oxygen atoms in total. The highest BCUT2D eigenvalue weighted by molar-refractivity contribution is 6.31. The molecule has 1 aliphatic carbocycles. The number of aromatic nitrogens is 2. The van der Waals surface area contributed by atoms with Crippen molar-refractivity contribution in [2.24, 2.45) is 13.0 Å². The Bertz CT molecular complexity index is 465. The predicted molar refractivity (Wildman–Crippen MR) is 79.9 cm³/mol. The van der Waals surface area contributed by atoms with Crippen molar-refractivity contribution in [1.29, 1.82) is 0 Å². The molecule has 0 amide bonds. The van der Waals surface area contributed by atoms with E-state index in [9.17, 15) is 10.2 Å². The summed E-state index contributed by atoms with van der Waals surface area (Å²) in [4.78, 5) is 0. The summed E-state index contributed by atoms with van der Waals surface area (Å²) in [6.45, 7) is 4.20. The quantitative estimate of drug-likeness (QED) is 0.898. The SMILES string of the molecule is CCc1nn(C)c(CC(O)C2(O)CCC(C)CC2)c1Cl. The molecule has 0 saturated heterocycles. The third-order valence-electron chi connectivity index (χ3n) is 4.65. The van der Waals surface area contributed by atoms with E-state index in [0.717, 1.165) is 30.7 Å². The Morgan fingerprint density at radius 1 is 1.45 bits per heavy atom. The molecule has 0 bridgehead atoms. The number of nitrogens with zero attached hydrogens (tertiary/aromatic N) is 2. The van der Waals surface area contributed by atoms with Gasteiger partial charge in [-0.3, -0.25) is 4.68 Å². The number of halogens is 1. The second-order valence-corrected chi connectivity index (χ2v) is 6.57. The van der Waals surface area contributed by atoms with Gasteiger partial charge < -0.3 is 10.2 Å². The minimum atomic E-state index is -0.980. The van der Waals surface area contributed by atoms with Crippen LogP contribution < -0.4 is 0 Å². The summed E-state index contributed by atoms with van der Waals surface area (Å²) in [7, 11) is 1.83. The van der Waals surface area contributed by atoms with Crippen molar-refractivity contribution in [3.63, 3.8) is 0 Å². The maximum atomic E-state index is 10.6. The molecular formula is C15H25ClN2O2. The molecule has 1 atom stereocenters. The summed E-state index contributed by atoms with van der Waals surface area (Å²) in [6.07, 6.45) is 3.58. The van der Waals surface area contributed by atoms with Gasteiger partial charge in [-0.2, -0.15) is 5.10 Å². The van der Waals surface area contributed by atoms with E-state index < -0.39 is 11.7 Å². The minimum Gasteiger partial charge on any atom is -0.390 e. The van der Waals surface area contributed by atoms with Gasteiger partial charge in [0.05, 0.1) is 28.1 Å². The van der Waals surface area contributed by atoms with Crippen molar-refractivity contribution >= 4 is 11.6 Å². The molecular weight excluding hydrogens is 276 g/mol. The normalized spacial score (nSPS) is 28.6. The number of hydrogen-bond donors (Lipinski definition) is 2. The molecule has 2 rings (SSSR count). The van der Waals surface area contributed by atoms with Crippen LogP contribution in [0.3, 0.4) is 0 Å². The summed E-state index contributed by atoms with van der Waals surface area (Å²) in [5.41, 5.74) is 0.677. The van der Waals surface area contributed by atoms with E-state index in [1.165, 1.54) is 0 Å². The van der Waals surface area contributed by atoms with Crippen molar-refractivity contribution in [3.05, 3.63) is 16.4 Å². The minimum absolute atomic E-state index is 0.354. The molecule has 0 spiro atoms. The van der Waals surface area contributed by atoms with E-state index in [4.69, 9.17) is 11.6 Å². The zero-order valence-electron chi connectivity index (χ0n) is 12.6. The van der Waals surface area contributed by atoms with Gasteiger partial charge in [0, 0.05) is 13.5 Å². The zero-order chi connectivity index (χ0) is 14.9. The van der Waals surface area contributed by atoms with Crippen molar-refractivity contribution < 1.29 is 10.2 Å². The average molecular weight is 301 g/mol. The lowest BCUT2D eigenvalue weighted by Gasteiger charge is -2.38. The van der Waals surface area contributed by atoms with E-state index in [1.807, 2.05) is 14.0 Å². The number of hydrogen-bond acceptors (Lipinski definition) is 3. The maximum absolute atomic E-state index is 10.6. The Balaban J connectivity index is 2.11. The number of aliphatic hydroxyl groups is 2.